The summed E-state index contributed by atoms with van der Waals surface area (Å²) in [6.45, 7) is 4.00. The number of nitrogens with zero attached hydrogens (tertiary/aromatic N) is 1. The van der Waals surface area contributed by atoms with Crippen molar-refractivity contribution >= 4 is 5.69 Å². The molecular weight excluding hydrogens is 216 g/mol. The first kappa shape index (κ1) is 13.8. The van der Waals surface area contributed by atoms with Gasteiger partial charge in [0.2, 0.25) is 0 Å². The Bertz CT molecular complexity index is 314. The zero-order valence-electron chi connectivity index (χ0n) is 10.8. The summed E-state index contributed by atoms with van der Waals surface area (Å²) >= 11 is 0. The fourth-order valence-corrected chi connectivity index (χ4v) is 1.68. The highest BCUT2D eigenvalue weighted by molar-refractivity contribution is 5.48. The van der Waals surface area contributed by atoms with E-state index in [0.717, 1.165) is 18.0 Å². The van der Waals surface area contributed by atoms with Gasteiger partial charge in [0.25, 0.3) is 0 Å². The number of ether oxygens (including phenoxy) is 2. The molecule has 1 aromatic rings. The van der Waals surface area contributed by atoms with E-state index in [9.17, 15) is 0 Å². The summed E-state index contributed by atoms with van der Waals surface area (Å²) < 4.78 is 10.7. The molecule has 0 aliphatic heterocycles. The second-order valence-electron chi connectivity index (χ2n) is 3.89. The van der Waals surface area contributed by atoms with E-state index in [1.807, 2.05) is 38.2 Å². The number of likely N-dealkylation sites (N-methyl/N-ethyl adjacent to an activating group) is 1. The molecule has 96 valence electrons. The lowest BCUT2D eigenvalue weighted by Crippen LogP contribution is -2.36. The van der Waals surface area contributed by atoms with Gasteiger partial charge in [-0.1, -0.05) is 0 Å². The van der Waals surface area contributed by atoms with E-state index in [2.05, 4.69) is 4.90 Å². The van der Waals surface area contributed by atoms with Crippen LogP contribution in [-0.2, 0) is 4.74 Å². The molecule has 1 atom stereocenters. The number of nitrogens with two attached hydrogens (primary N) is 1. The molecule has 0 aromatic heterocycles. The first-order valence-corrected chi connectivity index (χ1v) is 5.88. The van der Waals surface area contributed by atoms with Crippen LogP contribution in [0.1, 0.15) is 6.92 Å². The summed E-state index contributed by atoms with van der Waals surface area (Å²) in [5.41, 5.74) is 6.79. The SMILES string of the molecule is CCOC(CN)CN(C)c1ccc(OC)cc1. The van der Waals surface area contributed by atoms with Gasteiger partial charge in [0.15, 0.2) is 0 Å². The highest BCUT2D eigenvalue weighted by Crippen LogP contribution is 2.18. The molecule has 0 aliphatic rings. The third-order valence-corrected chi connectivity index (χ3v) is 2.66. The van der Waals surface area contributed by atoms with E-state index in [-0.39, 0.29) is 6.10 Å². The van der Waals surface area contributed by atoms with Crippen LogP contribution in [0.5, 0.6) is 5.75 Å². The zero-order valence-corrected chi connectivity index (χ0v) is 10.8. The lowest BCUT2D eigenvalue weighted by Gasteiger charge is -2.25. The Morgan fingerprint density at radius 2 is 1.94 bits per heavy atom. The van der Waals surface area contributed by atoms with Gasteiger partial charge in [-0.3, -0.25) is 0 Å². The van der Waals surface area contributed by atoms with Crippen molar-refractivity contribution in [3.8, 4) is 5.75 Å². The lowest BCUT2D eigenvalue weighted by molar-refractivity contribution is 0.0745. The summed E-state index contributed by atoms with van der Waals surface area (Å²) in [5, 5.41) is 0. The molecule has 17 heavy (non-hydrogen) atoms. The van der Waals surface area contributed by atoms with Crippen LogP contribution in [-0.4, -0.2) is 40.0 Å². The van der Waals surface area contributed by atoms with Crippen LogP contribution in [0.25, 0.3) is 0 Å². The van der Waals surface area contributed by atoms with Crippen molar-refractivity contribution in [3.05, 3.63) is 24.3 Å². The van der Waals surface area contributed by atoms with Gasteiger partial charge in [-0.25, -0.2) is 0 Å². The van der Waals surface area contributed by atoms with E-state index < -0.39 is 0 Å². The third-order valence-electron chi connectivity index (χ3n) is 2.66. The van der Waals surface area contributed by atoms with Gasteiger partial charge in [-0.05, 0) is 31.2 Å². The number of benzene rings is 1. The highest BCUT2D eigenvalue weighted by Gasteiger charge is 2.10. The van der Waals surface area contributed by atoms with Gasteiger partial charge in [0.1, 0.15) is 5.75 Å². The quantitative estimate of drug-likeness (QED) is 0.782. The standard InChI is InChI=1S/C13H22N2O2/c1-4-17-13(9-14)10-15(2)11-5-7-12(16-3)8-6-11/h5-8,13H,4,9-10,14H2,1-3H3. The summed E-state index contributed by atoms with van der Waals surface area (Å²) in [5.74, 6) is 0.863. The van der Waals surface area contributed by atoms with Crippen LogP contribution in [0.15, 0.2) is 24.3 Å². The number of hydrogen-bond acceptors (Lipinski definition) is 4. The van der Waals surface area contributed by atoms with E-state index in [0.29, 0.717) is 13.2 Å². The van der Waals surface area contributed by atoms with Gasteiger partial charge >= 0.3 is 0 Å². The molecule has 4 nitrogen and oxygen atoms in total. The molecular formula is C13H22N2O2. The summed E-state index contributed by atoms with van der Waals surface area (Å²) in [6, 6.07) is 7.95. The van der Waals surface area contributed by atoms with Gasteiger partial charge in [-0.15, -0.1) is 0 Å². The van der Waals surface area contributed by atoms with Crippen LogP contribution >= 0.6 is 0 Å². The number of rotatable bonds is 7. The average molecular weight is 238 g/mol. The molecule has 1 rings (SSSR count). The molecule has 0 heterocycles. The molecule has 0 fully saturated rings. The minimum Gasteiger partial charge on any atom is -0.497 e. The van der Waals surface area contributed by atoms with Crippen molar-refractivity contribution in [1.29, 1.82) is 0 Å². The van der Waals surface area contributed by atoms with Crippen molar-refractivity contribution in [1.82, 2.24) is 0 Å². The Labute approximate surface area is 103 Å². The Hall–Kier alpha value is -1.26. The number of methoxy groups -OCH3 is 1. The van der Waals surface area contributed by atoms with Crippen molar-refractivity contribution in [2.75, 3.05) is 38.8 Å². The molecule has 1 aromatic carbocycles. The normalized spacial score (nSPS) is 12.2. The number of anilines is 1. The Morgan fingerprint density at radius 1 is 1.29 bits per heavy atom. The van der Waals surface area contributed by atoms with E-state index in [4.69, 9.17) is 15.2 Å². The van der Waals surface area contributed by atoms with Crippen LogP contribution in [0.2, 0.25) is 0 Å². The van der Waals surface area contributed by atoms with E-state index in [1.54, 1.807) is 7.11 Å². The third kappa shape index (κ3) is 4.24. The number of hydrogen-bond donors (Lipinski definition) is 1. The Balaban J connectivity index is 2.58. The average Bonchev–Trinajstić information content (AvgIpc) is 2.38. The minimum atomic E-state index is 0.0760. The molecule has 0 saturated heterocycles. The maximum Gasteiger partial charge on any atom is 0.119 e. The van der Waals surface area contributed by atoms with Crippen LogP contribution in [0.4, 0.5) is 5.69 Å². The molecule has 0 saturated carbocycles. The Kier molecular flexibility index (Phi) is 5.80. The zero-order chi connectivity index (χ0) is 12.7. The first-order valence-electron chi connectivity index (χ1n) is 5.88. The molecule has 1 unspecified atom stereocenters. The fourth-order valence-electron chi connectivity index (χ4n) is 1.68. The van der Waals surface area contributed by atoms with Gasteiger partial charge in [0.05, 0.1) is 13.2 Å². The smallest absolute Gasteiger partial charge is 0.119 e. The summed E-state index contributed by atoms with van der Waals surface area (Å²) in [7, 11) is 3.70. The summed E-state index contributed by atoms with van der Waals surface area (Å²) in [6.07, 6.45) is 0.0760. The van der Waals surface area contributed by atoms with E-state index in [1.165, 1.54) is 0 Å². The van der Waals surface area contributed by atoms with Crippen molar-refractivity contribution in [2.45, 2.75) is 13.0 Å². The predicted octanol–water partition coefficient (Wildman–Crippen LogP) is 1.50. The molecule has 4 heteroatoms. The highest BCUT2D eigenvalue weighted by atomic mass is 16.5. The second-order valence-corrected chi connectivity index (χ2v) is 3.89. The maximum atomic E-state index is 5.66. The van der Waals surface area contributed by atoms with Gasteiger partial charge in [-0.2, -0.15) is 0 Å². The van der Waals surface area contributed by atoms with Crippen LogP contribution in [0.3, 0.4) is 0 Å². The fraction of sp³-hybridized carbons (Fsp3) is 0.538. The summed E-state index contributed by atoms with van der Waals surface area (Å²) in [4.78, 5) is 2.13. The molecule has 0 radical (unpaired) electrons. The van der Waals surface area contributed by atoms with Crippen molar-refractivity contribution in [3.63, 3.8) is 0 Å². The lowest BCUT2D eigenvalue weighted by atomic mass is 10.2. The van der Waals surface area contributed by atoms with Crippen molar-refractivity contribution < 1.29 is 9.47 Å². The van der Waals surface area contributed by atoms with Crippen LogP contribution in [0, 0.1) is 0 Å². The van der Waals surface area contributed by atoms with Gasteiger partial charge in [0, 0.05) is 32.4 Å². The molecule has 0 amide bonds. The van der Waals surface area contributed by atoms with Crippen molar-refractivity contribution in [2.24, 2.45) is 5.73 Å². The molecule has 0 aliphatic carbocycles. The van der Waals surface area contributed by atoms with E-state index >= 15 is 0 Å². The molecule has 2 N–H and O–H groups in total. The minimum absolute atomic E-state index is 0.0760. The largest absolute Gasteiger partial charge is 0.497 e. The molecule has 0 spiro atoms. The second kappa shape index (κ2) is 7.14. The monoisotopic (exact) mass is 238 g/mol. The first-order chi connectivity index (χ1) is 8.21. The predicted molar refractivity (Wildman–Crippen MR) is 70.7 cm³/mol. The topological polar surface area (TPSA) is 47.7 Å². The van der Waals surface area contributed by atoms with Crippen LogP contribution < -0.4 is 15.4 Å². The Morgan fingerprint density at radius 3 is 2.41 bits per heavy atom. The van der Waals surface area contributed by atoms with Gasteiger partial charge < -0.3 is 20.1 Å². The molecule has 0 bridgehead atoms. The maximum absolute atomic E-state index is 5.66.